The Labute approximate surface area is 175 Å². The van der Waals surface area contributed by atoms with Crippen molar-refractivity contribution in [1.29, 1.82) is 0 Å². The smallest absolute Gasteiger partial charge is 0.121 e. The first-order valence-electron chi connectivity index (χ1n) is 10.5. The third-order valence-electron chi connectivity index (χ3n) is 5.58. The van der Waals surface area contributed by atoms with Crippen LogP contribution in [0, 0.1) is 12.3 Å². The molecule has 2 aromatic carbocycles. The van der Waals surface area contributed by atoms with Crippen molar-refractivity contribution in [1.82, 2.24) is 9.80 Å². The van der Waals surface area contributed by atoms with E-state index in [0.29, 0.717) is 11.8 Å². The van der Waals surface area contributed by atoms with Gasteiger partial charge in [-0.3, -0.25) is 4.90 Å². The molecular weight excluding hydrogens is 358 g/mol. The van der Waals surface area contributed by atoms with E-state index in [1.807, 2.05) is 25.2 Å². The number of hydrogen-bond donors (Lipinski definition) is 1. The normalized spacial score (nSPS) is 17.9. The first-order valence-corrected chi connectivity index (χ1v) is 10.5. The number of hydrogen-bond acceptors (Lipinski definition) is 4. The largest absolute Gasteiger partial charge is 0.388 e. The van der Waals surface area contributed by atoms with Crippen LogP contribution in [0.1, 0.15) is 17.5 Å². The summed E-state index contributed by atoms with van der Waals surface area (Å²) in [4.78, 5) is 15.2. The Balaban J connectivity index is 0.000000224. The van der Waals surface area contributed by atoms with Gasteiger partial charge < -0.3 is 15.0 Å². The number of rotatable bonds is 7. The Hall–Kier alpha value is -2.43. The number of carbonyl (C=O) groups is 1. The van der Waals surface area contributed by atoms with Crippen LogP contribution in [-0.2, 0) is 4.79 Å². The van der Waals surface area contributed by atoms with E-state index in [1.165, 1.54) is 43.0 Å². The minimum absolute atomic E-state index is 0.545. The number of nitrogens with one attached hydrogen (secondary N) is 1. The van der Waals surface area contributed by atoms with Crippen LogP contribution in [0.25, 0.3) is 6.08 Å². The Morgan fingerprint density at radius 1 is 1.00 bits per heavy atom. The average Bonchev–Trinajstić information content (AvgIpc) is 2.69. The fraction of sp³-hybridized carbons (Fsp3) is 0.400. The molecule has 2 fully saturated rings. The molecule has 29 heavy (non-hydrogen) atoms. The fourth-order valence-corrected chi connectivity index (χ4v) is 4.23. The number of nitrogens with zero attached hydrogens (tertiary/aromatic N) is 2. The molecule has 0 aromatic heterocycles. The number of likely N-dealkylation sites (tertiary alicyclic amines) is 2. The number of benzene rings is 2. The zero-order valence-electron chi connectivity index (χ0n) is 17.7. The third kappa shape index (κ3) is 6.28. The van der Waals surface area contributed by atoms with Crippen molar-refractivity contribution in [3.8, 4) is 0 Å². The van der Waals surface area contributed by atoms with E-state index in [2.05, 4.69) is 70.6 Å². The van der Waals surface area contributed by atoms with Crippen molar-refractivity contribution in [2.75, 3.05) is 51.6 Å². The summed E-state index contributed by atoms with van der Waals surface area (Å²) < 4.78 is 0. The fourth-order valence-electron chi connectivity index (χ4n) is 4.23. The van der Waals surface area contributed by atoms with Crippen LogP contribution >= 0.6 is 0 Å². The van der Waals surface area contributed by atoms with Gasteiger partial charge >= 0.3 is 0 Å². The van der Waals surface area contributed by atoms with Crippen LogP contribution in [0.4, 0.5) is 5.69 Å². The zero-order valence-corrected chi connectivity index (χ0v) is 17.7. The summed E-state index contributed by atoms with van der Waals surface area (Å²) in [6.45, 7) is 8.86. The molecule has 0 unspecified atom stereocenters. The van der Waals surface area contributed by atoms with Crippen molar-refractivity contribution < 1.29 is 4.79 Å². The van der Waals surface area contributed by atoms with Gasteiger partial charge in [-0.15, -0.1) is 0 Å². The maximum Gasteiger partial charge on any atom is 0.121 e. The molecule has 0 saturated carbocycles. The van der Waals surface area contributed by atoms with Crippen molar-refractivity contribution in [3.05, 3.63) is 71.8 Å². The number of aldehydes is 1. The van der Waals surface area contributed by atoms with E-state index >= 15 is 0 Å². The van der Waals surface area contributed by atoms with Crippen molar-refractivity contribution in [2.24, 2.45) is 5.41 Å². The quantitative estimate of drug-likeness (QED) is 0.725. The summed E-state index contributed by atoms with van der Waals surface area (Å²) >= 11 is 0. The molecule has 2 aliphatic heterocycles. The molecule has 2 heterocycles. The lowest BCUT2D eigenvalue weighted by atomic mass is 9.73. The molecule has 4 heteroatoms. The molecule has 0 radical (unpaired) electrons. The van der Waals surface area contributed by atoms with Gasteiger partial charge in [-0.05, 0) is 30.2 Å². The van der Waals surface area contributed by atoms with Gasteiger partial charge in [0.1, 0.15) is 6.29 Å². The van der Waals surface area contributed by atoms with E-state index in [4.69, 9.17) is 0 Å². The van der Waals surface area contributed by atoms with Crippen molar-refractivity contribution in [3.63, 3.8) is 0 Å². The van der Waals surface area contributed by atoms with E-state index in [9.17, 15) is 4.79 Å². The van der Waals surface area contributed by atoms with E-state index < -0.39 is 0 Å². The molecule has 2 aromatic rings. The zero-order chi connectivity index (χ0) is 20.5. The van der Waals surface area contributed by atoms with Gasteiger partial charge in [0.25, 0.3) is 0 Å². The molecule has 0 atom stereocenters. The summed E-state index contributed by atoms with van der Waals surface area (Å²) in [7, 11) is 1.93. The molecule has 4 nitrogen and oxygen atoms in total. The second-order valence-corrected chi connectivity index (χ2v) is 8.27. The molecule has 1 N–H and O–H groups in total. The topological polar surface area (TPSA) is 35.6 Å². The van der Waals surface area contributed by atoms with Crippen LogP contribution in [-0.4, -0.2) is 62.4 Å². The number of aryl methyl sites for hydroxylation is 1. The van der Waals surface area contributed by atoms with Gasteiger partial charge in [0, 0.05) is 63.8 Å². The van der Waals surface area contributed by atoms with E-state index in [1.54, 1.807) is 0 Å². The molecule has 154 valence electrons. The summed E-state index contributed by atoms with van der Waals surface area (Å²) in [6.07, 6.45) is 6.15. The molecule has 0 aliphatic carbocycles. The van der Waals surface area contributed by atoms with E-state index in [-0.39, 0.29) is 0 Å². The second-order valence-electron chi connectivity index (χ2n) is 8.27. The highest BCUT2D eigenvalue weighted by atomic mass is 16.1. The van der Waals surface area contributed by atoms with Gasteiger partial charge in [-0.1, -0.05) is 54.6 Å². The summed E-state index contributed by atoms with van der Waals surface area (Å²) in [5.74, 6) is 0. The molecule has 2 aliphatic rings. The molecule has 4 rings (SSSR count). The highest BCUT2D eigenvalue weighted by Gasteiger charge is 2.50. The number of carbonyl (C=O) groups excluding carboxylic acids is 1. The summed E-state index contributed by atoms with van der Waals surface area (Å²) in [5.41, 5.74) is 4.28. The van der Waals surface area contributed by atoms with Gasteiger partial charge in [0.15, 0.2) is 0 Å². The minimum atomic E-state index is 0.545. The molecule has 2 saturated heterocycles. The lowest BCUT2D eigenvalue weighted by Gasteiger charge is -2.60. The third-order valence-corrected chi connectivity index (χ3v) is 5.58. The Bertz CT molecular complexity index is 789. The highest BCUT2D eigenvalue weighted by molar-refractivity contribution is 5.49. The van der Waals surface area contributed by atoms with Gasteiger partial charge in [0.2, 0.25) is 0 Å². The standard InChI is InChI=1S/C17H22N2O.C8H11N/c20-11-5-10-19-14-17(15-19)12-18(13-17)9-4-8-16-6-2-1-3-7-16;1-7-4-3-5-8(6-7)9-2/h1-4,6-8,11H,5,9-10,12-15H2;3-6,9H,1-2H3/b8-4+;. The number of anilines is 1. The molecule has 0 bridgehead atoms. The van der Waals surface area contributed by atoms with Crippen LogP contribution in [0.15, 0.2) is 60.7 Å². The van der Waals surface area contributed by atoms with Crippen molar-refractivity contribution >= 4 is 18.0 Å². The lowest BCUT2D eigenvalue weighted by Crippen LogP contribution is -2.71. The van der Waals surface area contributed by atoms with E-state index in [0.717, 1.165) is 19.4 Å². The maximum atomic E-state index is 10.3. The molecule has 1 spiro atoms. The van der Waals surface area contributed by atoms with Gasteiger partial charge in [-0.2, -0.15) is 0 Å². The summed E-state index contributed by atoms with van der Waals surface area (Å²) in [6, 6.07) is 18.7. The average molecular weight is 392 g/mol. The van der Waals surface area contributed by atoms with Crippen LogP contribution in [0.5, 0.6) is 0 Å². The maximum absolute atomic E-state index is 10.3. The molecular formula is C25H33N3O. The Morgan fingerprint density at radius 2 is 1.72 bits per heavy atom. The Kier molecular flexibility index (Phi) is 7.62. The van der Waals surface area contributed by atoms with Crippen LogP contribution in [0.2, 0.25) is 0 Å². The Morgan fingerprint density at radius 3 is 2.34 bits per heavy atom. The predicted molar refractivity (Wildman–Crippen MR) is 122 cm³/mol. The molecule has 0 amide bonds. The van der Waals surface area contributed by atoms with Crippen LogP contribution < -0.4 is 5.32 Å². The first-order chi connectivity index (χ1) is 14.1. The van der Waals surface area contributed by atoms with Crippen LogP contribution in [0.3, 0.4) is 0 Å². The lowest BCUT2D eigenvalue weighted by molar-refractivity contribution is -0.117. The van der Waals surface area contributed by atoms with Gasteiger partial charge in [0.05, 0.1) is 0 Å². The minimum Gasteiger partial charge on any atom is -0.388 e. The first kappa shape index (κ1) is 21.3. The summed E-state index contributed by atoms with van der Waals surface area (Å²) in [5, 5.41) is 3.07. The van der Waals surface area contributed by atoms with Gasteiger partial charge in [-0.25, -0.2) is 0 Å². The second kappa shape index (κ2) is 10.4. The van der Waals surface area contributed by atoms with Crippen molar-refractivity contribution in [2.45, 2.75) is 13.3 Å². The highest BCUT2D eigenvalue weighted by Crippen LogP contribution is 2.39. The monoisotopic (exact) mass is 391 g/mol. The predicted octanol–water partition coefficient (Wildman–Crippen LogP) is 3.94. The SMILES string of the molecule is CNc1cccc(C)c1.O=CCCN1CC2(CN(C/C=C/c3ccccc3)C2)C1.